The molecule has 3 aliphatic rings. The summed E-state index contributed by atoms with van der Waals surface area (Å²) in [7, 11) is 0. The smallest absolute Gasteiger partial charge is 0.330 e. The summed E-state index contributed by atoms with van der Waals surface area (Å²) in [6, 6.07) is 0. The van der Waals surface area contributed by atoms with Crippen LogP contribution in [0.15, 0.2) is 36.5 Å². The second kappa shape index (κ2) is 7.07. The van der Waals surface area contributed by atoms with Gasteiger partial charge in [0.2, 0.25) is 0 Å². The summed E-state index contributed by atoms with van der Waals surface area (Å²) < 4.78 is 0. The first-order chi connectivity index (χ1) is 12.4. The Labute approximate surface area is 149 Å². The van der Waals surface area contributed by atoms with Crippen LogP contribution in [-0.4, -0.2) is 45.1 Å². The van der Waals surface area contributed by atoms with Crippen LogP contribution in [0.1, 0.15) is 38.5 Å². The van der Waals surface area contributed by atoms with E-state index in [1.807, 2.05) is 12.2 Å². The minimum atomic E-state index is -0.827. The molecule has 26 heavy (non-hydrogen) atoms. The molecule has 0 bridgehead atoms. The second-order valence-corrected chi connectivity index (χ2v) is 6.34. The molecule has 0 aromatic carbocycles. The maximum atomic E-state index is 12.1. The first kappa shape index (κ1) is 17.8. The lowest BCUT2D eigenvalue weighted by Crippen LogP contribution is -2.51. The number of rotatable bonds is 6. The summed E-state index contributed by atoms with van der Waals surface area (Å²) in [5.41, 5.74) is -0.827. The summed E-state index contributed by atoms with van der Waals surface area (Å²) in [5.74, 6) is -2.52. The van der Waals surface area contributed by atoms with Gasteiger partial charge in [0.15, 0.2) is 0 Å². The molecule has 1 atom stereocenters. The lowest BCUT2D eigenvalue weighted by atomic mass is 9.84. The van der Waals surface area contributed by atoms with Crippen LogP contribution in [0.25, 0.3) is 0 Å². The molecule has 0 radical (unpaired) electrons. The number of nitrogens with zero attached hydrogens (tertiary/aromatic N) is 2. The topological polar surface area (TPSA) is 101 Å². The SMILES string of the molecule is O=C(CCCC1(N2C(=O)C=CC2=O)C=CC=CC1)ON1C(=O)CCC1=O. The van der Waals surface area contributed by atoms with Crippen molar-refractivity contribution in [1.82, 2.24) is 9.96 Å². The van der Waals surface area contributed by atoms with Crippen LogP contribution in [0.5, 0.6) is 0 Å². The lowest BCUT2D eigenvalue weighted by molar-refractivity contribution is -0.197. The van der Waals surface area contributed by atoms with Gasteiger partial charge in [-0.1, -0.05) is 24.3 Å². The van der Waals surface area contributed by atoms with Gasteiger partial charge in [-0.2, -0.15) is 0 Å². The van der Waals surface area contributed by atoms with Gasteiger partial charge >= 0.3 is 5.97 Å². The average Bonchev–Trinajstić information content (AvgIpc) is 3.12. The van der Waals surface area contributed by atoms with E-state index in [0.29, 0.717) is 24.3 Å². The molecule has 1 saturated heterocycles. The van der Waals surface area contributed by atoms with Crippen LogP contribution in [0.3, 0.4) is 0 Å². The van der Waals surface area contributed by atoms with E-state index in [4.69, 9.17) is 4.84 Å². The van der Waals surface area contributed by atoms with Gasteiger partial charge < -0.3 is 4.84 Å². The first-order valence-corrected chi connectivity index (χ1v) is 8.40. The molecule has 8 nitrogen and oxygen atoms in total. The lowest BCUT2D eigenvalue weighted by Gasteiger charge is -2.38. The number of imide groups is 2. The van der Waals surface area contributed by atoms with Crippen molar-refractivity contribution in [2.75, 3.05) is 0 Å². The molecule has 0 N–H and O–H groups in total. The standard InChI is InChI=1S/C18H18N2O6/c21-13-6-7-14(22)19(13)18(10-2-1-3-11-18)12-4-5-17(25)26-20-15(23)8-9-16(20)24/h1-3,6-7,10H,4-5,8-9,11-12H2. The zero-order valence-electron chi connectivity index (χ0n) is 14.1. The van der Waals surface area contributed by atoms with Gasteiger partial charge in [0.25, 0.3) is 23.6 Å². The van der Waals surface area contributed by atoms with Gasteiger partial charge in [0.05, 0.1) is 5.54 Å². The van der Waals surface area contributed by atoms with Crippen molar-refractivity contribution >= 4 is 29.6 Å². The monoisotopic (exact) mass is 358 g/mol. The van der Waals surface area contributed by atoms with E-state index in [0.717, 1.165) is 0 Å². The maximum Gasteiger partial charge on any atom is 0.333 e. The van der Waals surface area contributed by atoms with E-state index in [1.54, 1.807) is 12.2 Å². The third kappa shape index (κ3) is 3.35. The van der Waals surface area contributed by atoms with E-state index in [9.17, 15) is 24.0 Å². The highest BCUT2D eigenvalue weighted by Gasteiger charge is 2.42. The molecular weight excluding hydrogens is 340 g/mol. The van der Waals surface area contributed by atoms with Crippen LogP contribution >= 0.6 is 0 Å². The van der Waals surface area contributed by atoms with Crippen molar-refractivity contribution in [3.8, 4) is 0 Å². The molecule has 8 heteroatoms. The quantitative estimate of drug-likeness (QED) is 0.655. The average molecular weight is 358 g/mol. The minimum absolute atomic E-state index is 0.0402. The molecule has 1 fully saturated rings. The highest BCUT2D eigenvalue weighted by molar-refractivity contribution is 6.13. The van der Waals surface area contributed by atoms with Crippen molar-refractivity contribution in [2.45, 2.75) is 44.1 Å². The Kier molecular flexibility index (Phi) is 4.83. The molecule has 4 amide bonds. The summed E-state index contributed by atoms with van der Waals surface area (Å²) in [6.45, 7) is 0. The van der Waals surface area contributed by atoms with Crippen molar-refractivity contribution < 1.29 is 28.8 Å². The number of hydroxylamine groups is 2. The molecular formula is C18H18N2O6. The summed E-state index contributed by atoms with van der Waals surface area (Å²) in [6.07, 6.45) is 10.9. The fourth-order valence-corrected chi connectivity index (χ4v) is 3.30. The molecule has 0 aromatic rings. The Morgan fingerprint density at radius 1 is 1.04 bits per heavy atom. The molecule has 3 rings (SSSR count). The molecule has 0 spiro atoms. The van der Waals surface area contributed by atoms with Crippen molar-refractivity contribution in [1.29, 1.82) is 0 Å². The van der Waals surface area contributed by atoms with E-state index >= 15 is 0 Å². The molecule has 136 valence electrons. The first-order valence-electron chi connectivity index (χ1n) is 8.40. The van der Waals surface area contributed by atoms with Crippen LogP contribution in [0.4, 0.5) is 0 Å². The molecule has 1 aliphatic carbocycles. The number of carbonyl (C=O) groups excluding carboxylic acids is 5. The Morgan fingerprint density at radius 3 is 2.27 bits per heavy atom. The molecule has 0 saturated carbocycles. The highest BCUT2D eigenvalue weighted by atomic mass is 16.7. The predicted molar refractivity (Wildman–Crippen MR) is 87.7 cm³/mol. The largest absolute Gasteiger partial charge is 0.333 e. The molecule has 2 aliphatic heterocycles. The number of allylic oxidation sites excluding steroid dienone is 2. The van der Waals surface area contributed by atoms with Crippen LogP contribution < -0.4 is 0 Å². The minimum Gasteiger partial charge on any atom is -0.330 e. The fraction of sp³-hybridized carbons (Fsp3) is 0.389. The van der Waals surface area contributed by atoms with Crippen LogP contribution in [0.2, 0.25) is 0 Å². The van der Waals surface area contributed by atoms with Crippen molar-refractivity contribution in [2.24, 2.45) is 0 Å². The highest BCUT2D eigenvalue weighted by Crippen LogP contribution is 2.33. The maximum absolute atomic E-state index is 12.1. The van der Waals surface area contributed by atoms with Gasteiger partial charge in [0, 0.05) is 31.4 Å². The zero-order chi connectivity index (χ0) is 18.7. The molecule has 2 heterocycles. The third-order valence-electron chi connectivity index (χ3n) is 4.57. The number of carbonyl (C=O) groups is 5. The van der Waals surface area contributed by atoms with Gasteiger partial charge in [0.1, 0.15) is 0 Å². The molecule has 1 unspecified atom stereocenters. The van der Waals surface area contributed by atoms with Gasteiger partial charge in [-0.3, -0.25) is 24.1 Å². The van der Waals surface area contributed by atoms with E-state index < -0.39 is 23.3 Å². The predicted octanol–water partition coefficient (Wildman–Crippen LogP) is 0.944. The third-order valence-corrected chi connectivity index (χ3v) is 4.57. The zero-order valence-corrected chi connectivity index (χ0v) is 14.1. The van der Waals surface area contributed by atoms with Crippen molar-refractivity contribution in [3.05, 3.63) is 36.5 Å². The van der Waals surface area contributed by atoms with Gasteiger partial charge in [-0.15, -0.1) is 5.06 Å². The summed E-state index contributed by atoms with van der Waals surface area (Å²) >= 11 is 0. The van der Waals surface area contributed by atoms with Crippen molar-refractivity contribution in [3.63, 3.8) is 0 Å². The van der Waals surface area contributed by atoms with Gasteiger partial charge in [-0.25, -0.2) is 4.79 Å². The van der Waals surface area contributed by atoms with E-state index in [-0.39, 0.29) is 31.1 Å². The Morgan fingerprint density at radius 2 is 1.69 bits per heavy atom. The number of amides is 4. The van der Waals surface area contributed by atoms with Crippen LogP contribution in [0, 0.1) is 0 Å². The Balaban J connectivity index is 1.60. The van der Waals surface area contributed by atoms with Gasteiger partial charge in [-0.05, 0) is 19.3 Å². The van der Waals surface area contributed by atoms with E-state index in [1.165, 1.54) is 17.1 Å². The normalized spacial score (nSPS) is 24.9. The van der Waals surface area contributed by atoms with E-state index in [2.05, 4.69) is 0 Å². The summed E-state index contributed by atoms with van der Waals surface area (Å²) in [4.78, 5) is 65.0. The number of hydrogen-bond donors (Lipinski definition) is 0. The summed E-state index contributed by atoms with van der Waals surface area (Å²) in [5, 5.41) is 0.513. The Bertz CT molecular complexity index is 732. The fourth-order valence-electron chi connectivity index (χ4n) is 3.30. The second-order valence-electron chi connectivity index (χ2n) is 6.34. The number of hydrogen-bond acceptors (Lipinski definition) is 6. The molecule has 0 aromatic heterocycles. The Hall–Kier alpha value is -3.03. The van der Waals surface area contributed by atoms with Crippen LogP contribution in [-0.2, 0) is 28.8 Å².